The molecule has 1 heterocycles. The molecule has 2 N–H and O–H groups in total. The van der Waals surface area contributed by atoms with Crippen molar-refractivity contribution in [1.29, 1.82) is 0 Å². The van der Waals surface area contributed by atoms with E-state index in [-0.39, 0.29) is 0 Å². The molecule has 0 spiro atoms. The number of thiocarbonyl (C=S) groups is 1. The normalized spacial score (nSPS) is 10.2. The fourth-order valence-corrected chi connectivity index (χ4v) is 4.03. The first-order chi connectivity index (χ1) is 13.5. The van der Waals surface area contributed by atoms with E-state index in [0.717, 1.165) is 10.4 Å². The highest BCUT2D eigenvalue weighted by atomic mass is 35.5. The topological polar surface area (TPSA) is 59.6 Å². The van der Waals surface area contributed by atoms with E-state index in [2.05, 4.69) is 10.6 Å². The quantitative estimate of drug-likeness (QED) is 0.400. The van der Waals surface area contributed by atoms with Gasteiger partial charge in [-0.25, -0.2) is 4.79 Å². The van der Waals surface area contributed by atoms with E-state index in [1.54, 1.807) is 31.4 Å². The van der Waals surface area contributed by atoms with Gasteiger partial charge in [0, 0.05) is 9.90 Å². The van der Waals surface area contributed by atoms with Crippen LogP contribution in [0.4, 0.5) is 10.7 Å². The molecule has 5 nitrogen and oxygen atoms in total. The number of rotatable bonds is 5. The summed E-state index contributed by atoms with van der Waals surface area (Å²) in [6.45, 7) is 0. The number of ether oxygens (including phenoxy) is 2. The first-order valence-corrected chi connectivity index (χ1v) is 9.81. The number of halogens is 1. The Labute approximate surface area is 177 Å². The number of benzene rings is 2. The van der Waals surface area contributed by atoms with Gasteiger partial charge >= 0.3 is 5.97 Å². The standard InChI is InChI=1S/C20H17ClN2O3S2/c1-25-16-9-8-13(21)10-15(16)22-20(27)23-18-14(19(24)26-2)11-17(28-18)12-6-4-3-5-7-12/h3-11H,1-2H3,(H2,22,23,27). The van der Waals surface area contributed by atoms with Crippen molar-refractivity contribution >= 4 is 56.9 Å². The van der Waals surface area contributed by atoms with E-state index >= 15 is 0 Å². The smallest absolute Gasteiger partial charge is 0.340 e. The van der Waals surface area contributed by atoms with Crippen molar-refractivity contribution in [2.45, 2.75) is 0 Å². The fraction of sp³-hybridized carbons (Fsp3) is 0.100. The van der Waals surface area contributed by atoms with Crippen LogP contribution < -0.4 is 15.4 Å². The lowest BCUT2D eigenvalue weighted by Gasteiger charge is -2.13. The van der Waals surface area contributed by atoms with Crippen LogP contribution in [-0.4, -0.2) is 25.3 Å². The van der Waals surface area contributed by atoms with Crippen LogP contribution in [0.15, 0.2) is 54.6 Å². The lowest BCUT2D eigenvalue weighted by molar-refractivity contribution is 0.0602. The molecule has 0 atom stereocenters. The van der Waals surface area contributed by atoms with Gasteiger partial charge in [0.05, 0.1) is 25.5 Å². The summed E-state index contributed by atoms with van der Waals surface area (Å²) in [5, 5.41) is 7.55. The molecule has 3 rings (SSSR count). The largest absolute Gasteiger partial charge is 0.495 e. The van der Waals surface area contributed by atoms with Crippen molar-refractivity contribution in [2.24, 2.45) is 0 Å². The van der Waals surface area contributed by atoms with Gasteiger partial charge in [0.25, 0.3) is 0 Å². The highest BCUT2D eigenvalue weighted by molar-refractivity contribution is 7.80. The molecule has 0 aliphatic carbocycles. The van der Waals surface area contributed by atoms with E-state index in [1.807, 2.05) is 30.3 Å². The molecule has 3 aromatic rings. The molecule has 2 aromatic carbocycles. The van der Waals surface area contributed by atoms with E-state index in [0.29, 0.717) is 32.1 Å². The number of anilines is 2. The van der Waals surface area contributed by atoms with Gasteiger partial charge in [-0.05, 0) is 42.0 Å². The fourth-order valence-electron chi connectivity index (χ4n) is 2.52. The lowest BCUT2D eigenvalue weighted by Crippen LogP contribution is -2.20. The number of hydrogen-bond acceptors (Lipinski definition) is 5. The van der Waals surface area contributed by atoms with Crippen molar-refractivity contribution in [3.05, 3.63) is 65.2 Å². The molecule has 0 saturated heterocycles. The molecule has 0 bridgehead atoms. The molecular weight excluding hydrogens is 416 g/mol. The van der Waals surface area contributed by atoms with Gasteiger partial charge in [-0.3, -0.25) is 0 Å². The van der Waals surface area contributed by atoms with Gasteiger partial charge in [0.2, 0.25) is 0 Å². The third-order valence-electron chi connectivity index (χ3n) is 3.83. The summed E-state index contributed by atoms with van der Waals surface area (Å²) >= 11 is 12.9. The molecule has 0 radical (unpaired) electrons. The molecule has 8 heteroatoms. The first-order valence-electron chi connectivity index (χ1n) is 8.21. The van der Waals surface area contributed by atoms with Gasteiger partial charge in [0.1, 0.15) is 10.8 Å². The maximum atomic E-state index is 12.2. The van der Waals surface area contributed by atoms with Crippen LogP contribution in [-0.2, 0) is 4.74 Å². The number of carbonyl (C=O) groups excluding carboxylic acids is 1. The van der Waals surface area contributed by atoms with Crippen LogP contribution in [0.3, 0.4) is 0 Å². The second-order valence-corrected chi connectivity index (χ2v) is 7.53. The van der Waals surface area contributed by atoms with Crippen LogP contribution in [0.25, 0.3) is 10.4 Å². The zero-order chi connectivity index (χ0) is 20.1. The number of thiophene rings is 1. The molecule has 0 amide bonds. The van der Waals surface area contributed by atoms with Crippen molar-refractivity contribution in [3.63, 3.8) is 0 Å². The summed E-state index contributed by atoms with van der Waals surface area (Å²) in [4.78, 5) is 13.1. The maximum Gasteiger partial charge on any atom is 0.340 e. The number of carbonyl (C=O) groups is 1. The lowest BCUT2D eigenvalue weighted by atomic mass is 10.1. The van der Waals surface area contributed by atoms with Crippen molar-refractivity contribution in [2.75, 3.05) is 24.9 Å². The van der Waals surface area contributed by atoms with Crippen LogP contribution in [0.1, 0.15) is 10.4 Å². The Kier molecular flexibility index (Phi) is 6.51. The summed E-state index contributed by atoms with van der Waals surface area (Å²) in [6.07, 6.45) is 0. The van der Waals surface area contributed by atoms with E-state index < -0.39 is 5.97 Å². The van der Waals surface area contributed by atoms with Crippen molar-refractivity contribution < 1.29 is 14.3 Å². The molecule has 0 aliphatic heterocycles. The molecule has 144 valence electrons. The highest BCUT2D eigenvalue weighted by Crippen LogP contribution is 2.36. The van der Waals surface area contributed by atoms with Crippen LogP contribution in [0, 0.1) is 0 Å². The molecule has 28 heavy (non-hydrogen) atoms. The predicted molar refractivity (Wildman–Crippen MR) is 119 cm³/mol. The zero-order valence-electron chi connectivity index (χ0n) is 15.1. The number of hydrogen-bond donors (Lipinski definition) is 2. The Morgan fingerprint density at radius 1 is 1.07 bits per heavy atom. The molecule has 0 saturated carbocycles. The summed E-state index contributed by atoms with van der Waals surface area (Å²) in [5.74, 6) is 0.155. The maximum absolute atomic E-state index is 12.2. The SMILES string of the molecule is COC(=O)c1cc(-c2ccccc2)sc1NC(=S)Nc1cc(Cl)ccc1OC. The minimum Gasteiger partial charge on any atom is -0.495 e. The Morgan fingerprint density at radius 2 is 1.82 bits per heavy atom. The minimum atomic E-state index is -0.441. The zero-order valence-corrected chi connectivity index (χ0v) is 17.5. The Morgan fingerprint density at radius 3 is 2.50 bits per heavy atom. The average molecular weight is 433 g/mol. The van der Waals surface area contributed by atoms with E-state index in [9.17, 15) is 4.79 Å². The van der Waals surface area contributed by atoms with Gasteiger partial charge in [-0.2, -0.15) is 0 Å². The summed E-state index contributed by atoms with van der Waals surface area (Å²) in [7, 11) is 2.91. The average Bonchev–Trinajstić information content (AvgIpc) is 3.12. The predicted octanol–water partition coefficient (Wildman–Crippen LogP) is 5.67. The molecule has 1 aromatic heterocycles. The Hall–Kier alpha value is -2.61. The first kappa shape index (κ1) is 20.1. The molecule has 0 fully saturated rings. The molecule has 0 aliphatic rings. The van der Waals surface area contributed by atoms with Crippen molar-refractivity contribution in [3.8, 4) is 16.2 Å². The van der Waals surface area contributed by atoms with Crippen LogP contribution >= 0.6 is 35.2 Å². The minimum absolute atomic E-state index is 0.298. The Bertz CT molecular complexity index is 1010. The van der Waals surface area contributed by atoms with Gasteiger partial charge in [-0.15, -0.1) is 11.3 Å². The van der Waals surface area contributed by atoms with Gasteiger partial charge in [-0.1, -0.05) is 41.9 Å². The van der Waals surface area contributed by atoms with E-state index in [1.165, 1.54) is 18.4 Å². The second kappa shape index (κ2) is 9.05. The van der Waals surface area contributed by atoms with Gasteiger partial charge in [0.15, 0.2) is 5.11 Å². The van der Waals surface area contributed by atoms with Crippen molar-refractivity contribution in [1.82, 2.24) is 0 Å². The Balaban J connectivity index is 1.87. The number of esters is 1. The second-order valence-electron chi connectivity index (χ2n) is 5.63. The molecule has 0 unspecified atom stereocenters. The number of methoxy groups -OCH3 is 2. The molecular formula is C20H17ClN2O3S2. The summed E-state index contributed by atoms with van der Waals surface area (Å²) < 4.78 is 10.2. The highest BCUT2D eigenvalue weighted by Gasteiger charge is 2.19. The van der Waals surface area contributed by atoms with Crippen LogP contribution in [0.5, 0.6) is 5.75 Å². The van der Waals surface area contributed by atoms with Crippen LogP contribution in [0.2, 0.25) is 5.02 Å². The summed E-state index contributed by atoms with van der Waals surface area (Å²) in [6, 6.07) is 16.7. The number of nitrogens with one attached hydrogen (secondary N) is 2. The third-order valence-corrected chi connectivity index (χ3v) is 5.37. The summed E-state index contributed by atoms with van der Waals surface area (Å²) in [5.41, 5.74) is 2.03. The van der Waals surface area contributed by atoms with Gasteiger partial charge < -0.3 is 20.1 Å². The van der Waals surface area contributed by atoms with E-state index in [4.69, 9.17) is 33.3 Å². The third kappa shape index (κ3) is 4.62. The monoisotopic (exact) mass is 432 g/mol.